The summed E-state index contributed by atoms with van der Waals surface area (Å²) in [6.45, 7) is 0. The molecule has 0 aliphatic heterocycles. The second-order valence-corrected chi connectivity index (χ2v) is 5.34. The lowest BCUT2D eigenvalue weighted by molar-refractivity contribution is -0.127. The van der Waals surface area contributed by atoms with E-state index in [1.54, 1.807) is 0 Å². The molecule has 0 aliphatic rings. The smallest absolute Gasteiger partial charge is 0.323 e. The summed E-state index contributed by atoms with van der Waals surface area (Å²) in [5.41, 5.74) is -0.0528. The van der Waals surface area contributed by atoms with Crippen molar-refractivity contribution in [2.24, 2.45) is 0 Å². The molecule has 1 rings (SSSR count). The molecule has 1 aromatic carbocycles. The van der Waals surface area contributed by atoms with Crippen LogP contribution in [0.1, 0.15) is 10.4 Å². The lowest BCUT2D eigenvalue weighted by Gasteiger charge is -2.23. The molecule has 1 unspecified atom stereocenters. The SMILES string of the molecule is COc1cc(Br)c(C(Br)C(F)(F)C(F)F)cc1OC. The molecule has 2 nitrogen and oxygen atoms in total. The summed E-state index contributed by atoms with van der Waals surface area (Å²) in [7, 11) is 2.70. The van der Waals surface area contributed by atoms with E-state index in [1.165, 1.54) is 26.4 Å². The number of alkyl halides is 5. The van der Waals surface area contributed by atoms with Crippen molar-refractivity contribution in [1.29, 1.82) is 0 Å². The number of rotatable bonds is 5. The molecule has 0 saturated heterocycles. The van der Waals surface area contributed by atoms with E-state index in [4.69, 9.17) is 9.47 Å². The van der Waals surface area contributed by atoms with Gasteiger partial charge in [0.25, 0.3) is 0 Å². The van der Waals surface area contributed by atoms with Crippen molar-refractivity contribution in [2.45, 2.75) is 17.2 Å². The van der Waals surface area contributed by atoms with Crippen molar-refractivity contribution in [3.8, 4) is 11.5 Å². The monoisotopic (exact) mass is 408 g/mol. The number of methoxy groups -OCH3 is 2. The van der Waals surface area contributed by atoms with E-state index in [1.807, 2.05) is 0 Å². The maximum absolute atomic E-state index is 13.3. The van der Waals surface area contributed by atoms with Crippen molar-refractivity contribution < 1.29 is 27.0 Å². The number of ether oxygens (including phenoxy) is 2. The minimum atomic E-state index is -4.21. The molecule has 8 heteroatoms. The van der Waals surface area contributed by atoms with Gasteiger partial charge in [-0.15, -0.1) is 0 Å². The van der Waals surface area contributed by atoms with Gasteiger partial charge in [0, 0.05) is 4.47 Å². The Morgan fingerprint density at radius 1 is 1.11 bits per heavy atom. The molecule has 0 saturated carbocycles. The van der Waals surface area contributed by atoms with E-state index in [-0.39, 0.29) is 15.8 Å². The third kappa shape index (κ3) is 3.34. The predicted octanol–water partition coefficient (Wildman–Crippen LogP) is 4.80. The predicted molar refractivity (Wildman–Crippen MR) is 69.9 cm³/mol. The fourth-order valence-corrected chi connectivity index (χ4v) is 2.82. The summed E-state index contributed by atoms with van der Waals surface area (Å²) in [6, 6.07) is 2.60. The molecule has 0 fully saturated rings. The van der Waals surface area contributed by atoms with Gasteiger partial charge in [0.15, 0.2) is 11.5 Å². The van der Waals surface area contributed by atoms with Gasteiger partial charge >= 0.3 is 12.3 Å². The zero-order valence-electron chi connectivity index (χ0n) is 9.89. The van der Waals surface area contributed by atoms with Crippen LogP contribution in [-0.4, -0.2) is 26.6 Å². The van der Waals surface area contributed by atoms with Crippen LogP contribution < -0.4 is 9.47 Å². The zero-order chi connectivity index (χ0) is 14.8. The number of hydrogen-bond donors (Lipinski definition) is 0. The van der Waals surface area contributed by atoms with Crippen molar-refractivity contribution in [3.63, 3.8) is 0 Å². The summed E-state index contributed by atoms with van der Waals surface area (Å²) in [6.07, 6.45) is -3.78. The van der Waals surface area contributed by atoms with E-state index in [9.17, 15) is 17.6 Å². The first kappa shape index (κ1) is 16.6. The third-order valence-corrected chi connectivity index (χ3v) is 4.20. The van der Waals surface area contributed by atoms with E-state index in [0.29, 0.717) is 5.75 Å². The second-order valence-electron chi connectivity index (χ2n) is 3.57. The first-order valence-electron chi connectivity index (χ1n) is 4.97. The standard InChI is InChI=1S/C11H10Br2F4O2/c1-18-7-3-5(6(12)4-8(7)19-2)9(13)11(16,17)10(14)15/h3-4,9-10H,1-2H3. The Hall–Kier alpha value is -0.500. The van der Waals surface area contributed by atoms with Crippen LogP contribution in [0.4, 0.5) is 17.6 Å². The van der Waals surface area contributed by atoms with Gasteiger partial charge in [-0.25, -0.2) is 8.78 Å². The largest absolute Gasteiger partial charge is 0.493 e. The average molecular weight is 410 g/mol. The average Bonchev–Trinajstić information content (AvgIpc) is 2.37. The van der Waals surface area contributed by atoms with Crippen LogP contribution in [-0.2, 0) is 0 Å². The molecular formula is C11H10Br2F4O2. The molecule has 0 spiro atoms. The van der Waals surface area contributed by atoms with Gasteiger partial charge in [-0.1, -0.05) is 31.9 Å². The maximum Gasteiger partial charge on any atom is 0.323 e. The molecule has 1 aromatic rings. The summed E-state index contributed by atoms with van der Waals surface area (Å²) in [4.78, 5) is -1.85. The Morgan fingerprint density at radius 2 is 1.58 bits per heavy atom. The lowest BCUT2D eigenvalue weighted by Crippen LogP contribution is -2.31. The van der Waals surface area contributed by atoms with Gasteiger partial charge in [-0.2, -0.15) is 8.78 Å². The molecule has 0 aliphatic carbocycles. The van der Waals surface area contributed by atoms with Gasteiger partial charge in [0.1, 0.15) is 4.83 Å². The van der Waals surface area contributed by atoms with Gasteiger partial charge in [0.2, 0.25) is 0 Å². The normalized spacial score (nSPS) is 13.5. The van der Waals surface area contributed by atoms with Crippen molar-refractivity contribution in [1.82, 2.24) is 0 Å². The van der Waals surface area contributed by atoms with E-state index >= 15 is 0 Å². The Morgan fingerprint density at radius 3 is 2.00 bits per heavy atom. The highest BCUT2D eigenvalue weighted by Crippen LogP contribution is 2.47. The van der Waals surface area contributed by atoms with Gasteiger partial charge < -0.3 is 9.47 Å². The minimum Gasteiger partial charge on any atom is -0.493 e. The summed E-state index contributed by atoms with van der Waals surface area (Å²) >= 11 is 5.66. The van der Waals surface area contributed by atoms with E-state index in [0.717, 1.165) is 0 Å². The fourth-order valence-electron chi connectivity index (χ4n) is 1.38. The second kappa shape index (κ2) is 6.30. The van der Waals surface area contributed by atoms with Gasteiger partial charge in [0.05, 0.1) is 14.2 Å². The molecule has 0 aromatic heterocycles. The highest BCUT2D eigenvalue weighted by atomic mass is 79.9. The number of benzene rings is 1. The molecular weight excluding hydrogens is 400 g/mol. The zero-order valence-corrected chi connectivity index (χ0v) is 13.1. The topological polar surface area (TPSA) is 18.5 Å². The quantitative estimate of drug-likeness (QED) is 0.513. The van der Waals surface area contributed by atoms with Crippen LogP contribution in [0.15, 0.2) is 16.6 Å². The maximum atomic E-state index is 13.3. The van der Waals surface area contributed by atoms with Gasteiger partial charge in [-0.05, 0) is 17.7 Å². The first-order chi connectivity index (χ1) is 8.75. The van der Waals surface area contributed by atoms with E-state index < -0.39 is 17.2 Å². The molecule has 1 atom stereocenters. The fraction of sp³-hybridized carbons (Fsp3) is 0.455. The molecule has 0 amide bonds. The number of halogens is 6. The Bertz CT molecular complexity index is 455. The molecule has 0 heterocycles. The van der Waals surface area contributed by atoms with E-state index in [2.05, 4.69) is 31.9 Å². The highest BCUT2D eigenvalue weighted by Gasteiger charge is 2.49. The molecule has 0 N–H and O–H groups in total. The molecule has 19 heavy (non-hydrogen) atoms. The Balaban J connectivity index is 3.28. The van der Waals surface area contributed by atoms with Crippen LogP contribution in [0.2, 0.25) is 0 Å². The summed E-state index contributed by atoms with van der Waals surface area (Å²) in [5, 5.41) is 0. The van der Waals surface area contributed by atoms with Crippen molar-refractivity contribution in [3.05, 3.63) is 22.2 Å². The molecule has 0 bridgehead atoms. The van der Waals surface area contributed by atoms with Crippen LogP contribution >= 0.6 is 31.9 Å². The third-order valence-electron chi connectivity index (χ3n) is 2.40. The van der Waals surface area contributed by atoms with Crippen LogP contribution in [0.3, 0.4) is 0 Å². The minimum absolute atomic E-state index is 0.0528. The van der Waals surface area contributed by atoms with Crippen LogP contribution in [0.25, 0.3) is 0 Å². The highest BCUT2D eigenvalue weighted by molar-refractivity contribution is 9.11. The summed E-state index contributed by atoms with van der Waals surface area (Å²) in [5.74, 6) is -3.73. The summed E-state index contributed by atoms with van der Waals surface area (Å²) < 4.78 is 61.5. The molecule has 108 valence electrons. The lowest BCUT2D eigenvalue weighted by atomic mass is 10.1. The van der Waals surface area contributed by atoms with Crippen molar-refractivity contribution in [2.75, 3.05) is 14.2 Å². The number of hydrogen-bond acceptors (Lipinski definition) is 2. The van der Waals surface area contributed by atoms with Crippen LogP contribution in [0.5, 0.6) is 11.5 Å². The van der Waals surface area contributed by atoms with Crippen molar-refractivity contribution >= 4 is 31.9 Å². The molecule has 0 radical (unpaired) electrons. The Labute approximate surface area is 124 Å². The first-order valence-corrected chi connectivity index (χ1v) is 6.68. The van der Waals surface area contributed by atoms with Gasteiger partial charge in [-0.3, -0.25) is 0 Å². The van der Waals surface area contributed by atoms with Crippen LogP contribution in [0, 0.1) is 0 Å². The Kier molecular flexibility index (Phi) is 5.49.